The highest BCUT2D eigenvalue weighted by molar-refractivity contribution is 7.99. The lowest BCUT2D eigenvalue weighted by atomic mass is 10.1. The third-order valence-corrected chi connectivity index (χ3v) is 5.27. The van der Waals surface area contributed by atoms with Crippen molar-refractivity contribution in [1.82, 2.24) is 14.8 Å². The van der Waals surface area contributed by atoms with E-state index in [1.807, 2.05) is 31.3 Å². The van der Waals surface area contributed by atoms with Gasteiger partial charge in [0.1, 0.15) is 5.75 Å². The highest BCUT2D eigenvalue weighted by Crippen LogP contribution is 2.31. The van der Waals surface area contributed by atoms with E-state index < -0.39 is 17.8 Å². The van der Waals surface area contributed by atoms with Crippen LogP contribution in [0.2, 0.25) is 0 Å². The Hall–Kier alpha value is -2.52. The fourth-order valence-electron chi connectivity index (χ4n) is 2.58. The molecule has 0 aliphatic rings. The number of methoxy groups -OCH3 is 1. The largest absolute Gasteiger partial charge is 0.497 e. The van der Waals surface area contributed by atoms with Crippen LogP contribution in [-0.2, 0) is 13.2 Å². The van der Waals surface area contributed by atoms with E-state index in [0.717, 1.165) is 23.4 Å². The van der Waals surface area contributed by atoms with Crippen molar-refractivity contribution in [2.24, 2.45) is 7.05 Å². The lowest BCUT2D eigenvalue weighted by Gasteiger charge is -2.12. The third kappa shape index (κ3) is 4.48. The summed E-state index contributed by atoms with van der Waals surface area (Å²) in [6.45, 7) is 0. The van der Waals surface area contributed by atoms with Gasteiger partial charge in [0.2, 0.25) is 0 Å². The molecular formula is C19H18F3N3O2S. The summed E-state index contributed by atoms with van der Waals surface area (Å²) in [6, 6.07) is 11.9. The minimum Gasteiger partial charge on any atom is -0.497 e. The van der Waals surface area contributed by atoms with Crippen LogP contribution in [0.4, 0.5) is 13.2 Å². The number of halogens is 3. The maximum atomic E-state index is 12.6. The van der Waals surface area contributed by atoms with E-state index >= 15 is 0 Å². The Kier molecular flexibility index (Phi) is 5.95. The molecule has 0 spiro atoms. The van der Waals surface area contributed by atoms with Crippen molar-refractivity contribution < 1.29 is 23.0 Å². The number of aliphatic hydroxyl groups excluding tert-OH is 1. The van der Waals surface area contributed by atoms with Crippen molar-refractivity contribution in [3.05, 3.63) is 59.7 Å². The quantitative estimate of drug-likeness (QED) is 0.614. The molecule has 1 unspecified atom stereocenters. The van der Waals surface area contributed by atoms with Crippen LogP contribution in [-0.4, -0.2) is 32.7 Å². The number of hydrogen-bond acceptors (Lipinski definition) is 5. The zero-order chi connectivity index (χ0) is 20.3. The molecule has 0 fully saturated rings. The highest BCUT2D eigenvalue weighted by Gasteiger charge is 2.30. The van der Waals surface area contributed by atoms with Crippen LogP contribution in [0.25, 0.3) is 11.4 Å². The molecule has 9 heteroatoms. The summed E-state index contributed by atoms with van der Waals surface area (Å²) in [5.41, 5.74) is 0.539. The summed E-state index contributed by atoms with van der Waals surface area (Å²) in [7, 11) is 3.40. The number of thioether (sulfide) groups is 1. The lowest BCUT2D eigenvalue weighted by Crippen LogP contribution is -2.06. The van der Waals surface area contributed by atoms with Gasteiger partial charge in [-0.3, -0.25) is 0 Å². The summed E-state index contributed by atoms with van der Waals surface area (Å²) in [5, 5.41) is 19.2. The summed E-state index contributed by atoms with van der Waals surface area (Å²) in [4.78, 5) is 0. The maximum absolute atomic E-state index is 12.6. The summed E-state index contributed by atoms with van der Waals surface area (Å²) in [6.07, 6.45) is -5.32. The molecule has 0 saturated carbocycles. The lowest BCUT2D eigenvalue weighted by molar-refractivity contribution is -0.137. The number of nitrogens with zero attached hydrogens (tertiary/aromatic N) is 3. The molecule has 1 N–H and O–H groups in total. The number of alkyl halides is 3. The highest BCUT2D eigenvalue weighted by atomic mass is 32.2. The number of rotatable bonds is 6. The zero-order valence-corrected chi connectivity index (χ0v) is 16.0. The van der Waals surface area contributed by atoms with E-state index in [9.17, 15) is 18.3 Å². The summed E-state index contributed by atoms with van der Waals surface area (Å²) in [5.74, 6) is 1.63. The van der Waals surface area contributed by atoms with Crippen LogP contribution < -0.4 is 4.74 Å². The van der Waals surface area contributed by atoms with Crippen LogP contribution >= 0.6 is 11.8 Å². The first kappa shape index (κ1) is 20.2. The van der Waals surface area contributed by atoms with Crippen LogP contribution in [0, 0.1) is 0 Å². The second-order valence-corrected chi connectivity index (χ2v) is 7.03. The number of benzene rings is 2. The summed E-state index contributed by atoms with van der Waals surface area (Å²) < 4.78 is 44.8. The minimum absolute atomic E-state index is 0.236. The number of aliphatic hydroxyl groups is 1. The Morgan fingerprint density at radius 2 is 1.71 bits per heavy atom. The van der Waals surface area contributed by atoms with Gasteiger partial charge in [0.15, 0.2) is 11.0 Å². The minimum atomic E-state index is -4.39. The molecule has 28 heavy (non-hydrogen) atoms. The first-order chi connectivity index (χ1) is 13.3. The molecular weight excluding hydrogens is 391 g/mol. The van der Waals surface area contributed by atoms with Crippen molar-refractivity contribution >= 4 is 11.8 Å². The van der Waals surface area contributed by atoms with E-state index in [1.165, 1.54) is 23.9 Å². The molecule has 0 aliphatic carbocycles. The van der Waals surface area contributed by atoms with E-state index in [4.69, 9.17) is 4.74 Å². The van der Waals surface area contributed by atoms with Gasteiger partial charge in [-0.15, -0.1) is 10.2 Å². The van der Waals surface area contributed by atoms with Crippen LogP contribution in [0.15, 0.2) is 53.7 Å². The van der Waals surface area contributed by atoms with Crippen LogP contribution in [0.3, 0.4) is 0 Å². The van der Waals surface area contributed by atoms with Crippen molar-refractivity contribution in [2.45, 2.75) is 17.4 Å². The number of ether oxygens (including phenoxy) is 1. The van der Waals surface area contributed by atoms with Crippen molar-refractivity contribution in [1.29, 1.82) is 0 Å². The van der Waals surface area contributed by atoms with Gasteiger partial charge in [-0.2, -0.15) is 13.2 Å². The van der Waals surface area contributed by atoms with Gasteiger partial charge in [0.25, 0.3) is 0 Å². The van der Waals surface area contributed by atoms with Gasteiger partial charge in [-0.1, -0.05) is 23.9 Å². The molecule has 2 aromatic carbocycles. The standard InChI is InChI=1S/C19H18F3N3O2S/c1-25-17(13-5-9-15(27-2)10-6-13)23-24-18(25)28-11-16(26)12-3-7-14(8-4-12)19(20,21)22/h3-10,16,26H,11H2,1-2H3. The predicted octanol–water partition coefficient (Wildman–Crippen LogP) is 4.34. The topological polar surface area (TPSA) is 60.2 Å². The SMILES string of the molecule is COc1ccc(-c2nnc(SCC(O)c3ccc(C(F)(F)F)cc3)n2C)cc1. The number of aromatic nitrogens is 3. The van der Waals surface area contributed by atoms with E-state index in [2.05, 4.69) is 10.2 Å². The van der Waals surface area contributed by atoms with Gasteiger partial charge in [0, 0.05) is 18.4 Å². The number of hydrogen-bond donors (Lipinski definition) is 1. The van der Waals surface area contributed by atoms with Gasteiger partial charge < -0.3 is 14.4 Å². The third-order valence-electron chi connectivity index (χ3n) is 4.18. The molecule has 5 nitrogen and oxygen atoms in total. The molecule has 0 amide bonds. The average molecular weight is 409 g/mol. The molecule has 148 valence electrons. The molecule has 0 saturated heterocycles. The van der Waals surface area contributed by atoms with Gasteiger partial charge >= 0.3 is 6.18 Å². The predicted molar refractivity (Wildman–Crippen MR) is 100 cm³/mol. The summed E-state index contributed by atoms with van der Waals surface area (Å²) >= 11 is 1.28. The van der Waals surface area contributed by atoms with Crippen LogP contribution in [0.5, 0.6) is 5.75 Å². The zero-order valence-electron chi connectivity index (χ0n) is 15.1. The van der Waals surface area contributed by atoms with E-state index in [1.54, 1.807) is 11.7 Å². The monoisotopic (exact) mass is 409 g/mol. The van der Waals surface area contributed by atoms with Crippen LogP contribution in [0.1, 0.15) is 17.2 Å². The van der Waals surface area contributed by atoms with Crippen molar-refractivity contribution in [3.8, 4) is 17.1 Å². The molecule has 0 aliphatic heterocycles. The fraction of sp³-hybridized carbons (Fsp3) is 0.263. The van der Waals surface area contributed by atoms with Gasteiger partial charge in [-0.25, -0.2) is 0 Å². The first-order valence-corrected chi connectivity index (χ1v) is 9.30. The second kappa shape index (κ2) is 8.24. The molecule has 1 aromatic heterocycles. The average Bonchev–Trinajstić information content (AvgIpc) is 3.06. The Balaban J connectivity index is 1.66. The normalized spacial score (nSPS) is 12.8. The van der Waals surface area contributed by atoms with E-state index in [-0.39, 0.29) is 5.75 Å². The fourth-order valence-corrected chi connectivity index (χ4v) is 3.45. The molecule has 0 radical (unpaired) electrons. The maximum Gasteiger partial charge on any atom is 0.416 e. The smallest absolute Gasteiger partial charge is 0.416 e. The second-order valence-electron chi connectivity index (χ2n) is 6.04. The van der Waals surface area contributed by atoms with Gasteiger partial charge in [-0.05, 0) is 42.0 Å². The van der Waals surface area contributed by atoms with Crippen molar-refractivity contribution in [3.63, 3.8) is 0 Å². The molecule has 1 atom stereocenters. The van der Waals surface area contributed by atoms with Gasteiger partial charge in [0.05, 0.1) is 18.8 Å². The molecule has 0 bridgehead atoms. The Morgan fingerprint density at radius 3 is 2.29 bits per heavy atom. The Labute approximate surface area is 164 Å². The van der Waals surface area contributed by atoms with E-state index in [0.29, 0.717) is 16.5 Å². The Bertz CT molecular complexity index is 925. The molecule has 3 aromatic rings. The van der Waals surface area contributed by atoms with Crippen molar-refractivity contribution in [2.75, 3.05) is 12.9 Å². The first-order valence-electron chi connectivity index (χ1n) is 8.31. The molecule has 1 heterocycles. The Morgan fingerprint density at radius 1 is 1.07 bits per heavy atom. The molecule has 3 rings (SSSR count).